The van der Waals surface area contributed by atoms with Crippen molar-refractivity contribution in [3.63, 3.8) is 0 Å². The maximum Gasteiger partial charge on any atom is 0.326 e. The summed E-state index contributed by atoms with van der Waals surface area (Å²) in [4.78, 5) is 29.5. The van der Waals surface area contributed by atoms with E-state index in [9.17, 15) is 19.8 Å². The molecule has 1 atom stereocenters. The molecule has 1 saturated heterocycles. The summed E-state index contributed by atoms with van der Waals surface area (Å²) in [6.07, 6.45) is 2.91. The van der Waals surface area contributed by atoms with Gasteiger partial charge in [-0.05, 0) is 67.4 Å². The Bertz CT molecular complexity index is 1440. The first-order valence-corrected chi connectivity index (χ1v) is 11.6. The number of carbonyl (C=O) groups excluding carboxylic acids is 1. The highest BCUT2D eigenvalue weighted by Crippen LogP contribution is 2.31. The molecule has 0 bridgehead atoms. The molecule has 4 aromatic rings. The van der Waals surface area contributed by atoms with Crippen molar-refractivity contribution in [2.24, 2.45) is 0 Å². The number of halogens is 1. The summed E-state index contributed by atoms with van der Waals surface area (Å²) in [5.41, 5.74) is 2.80. The highest BCUT2D eigenvalue weighted by Gasteiger charge is 2.33. The number of aromatic hydroxyl groups is 1. The van der Waals surface area contributed by atoms with Crippen LogP contribution in [0.25, 0.3) is 16.8 Å². The van der Waals surface area contributed by atoms with Gasteiger partial charge in [-0.1, -0.05) is 11.6 Å². The first-order chi connectivity index (χ1) is 17.4. The molecule has 0 aliphatic carbocycles. The quantitative estimate of drug-likeness (QED) is 0.343. The van der Waals surface area contributed by atoms with Gasteiger partial charge in [0.05, 0.1) is 0 Å². The van der Waals surface area contributed by atoms with Crippen molar-refractivity contribution >= 4 is 40.8 Å². The minimum Gasteiger partial charge on any atom is -0.508 e. The summed E-state index contributed by atoms with van der Waals surface area (Å²) >= 11 is 6.28. The number of hydrogen-bond donors (Lipinski definition) is 3. The van der Waals surface area contributed by atoms with Gasteiger partial charge in [0.2, 0.25) is 5.95 Å². The van der Waals surface area contributed by atoms with Crippen LogP contribution in [0.5, 0.6) is 11.5 Å². The number of hydrogen-bond acceptors (Lipinski definition) is 7. The minimum atomic E-state index is -0.990. The molecule has 184 valence electrons. The van der Waals surface area contributed by atoms with Gasteiger partial charge >= 0.3 is 5.97 Å². The van der Waals surface area contributed by atoms with Gasteiger partial charge in [0.25, 0.3) is 5.91 Å². The van der Waals surface area contributed by atoms with Crippen LogP contribution in [0.1, 0.15) is 12.8 Å². The first kappa shape index (κ1) is 23.4. The molecule has 11 heteroatoms. The monoisotopic (exact) mass is 507 g/mol. The second kappa shape index (κ2) is 9.74. The highest BCUT2D eigenvalue weighted by molar-refractivity contribution is 6.33. The molecule has 2 aromatic heterocycles. The molecule has 1 unspecified atom stereocenters. The fourth-order valence-corrected chi connectivity index (χ4v) is 4.37. The largest absolute Gasteiger partial charge is 0.508 e. The molecule has 1 fully saturated rings. The van der Waals surface area contributed by atoms with E-state index in [2.05, 4.69) is 15.4 Å². The van der Waals surface area contributed by atoms with Gasteiger partial charge < -0.3 is 25.2 Å². The standard InChI is InChI=1S/C25H22ClN5O5/c26-20-9-6-17(32)12-19(20)15-3-10-22-28-25(29-31(22)13-15)27-16-4-7-18(8-5-16)36-14-23(33)30-11-1-2-21(30)24(34)35/h3-10,12-13,21,32H,1-2,11,14H2,(H,27,29)(H,34,35). The third-order valence-electron chi connectivity index (χ3n) is 5.92. The minimum absolute atomic E-state index is 0.118. The SMILES string of the molecule is O=C(O)C1CCCN1C(=O)COc1ccc(Nc2nc3ccc(-c4cc(O)ccc4Cl)cn3n2)cc1. The van der Waals surface area contributed by atoms with Crippen molar-refractivity contribution in [1.29, 1.82) is 0 Å². The Morgan fingerprint density at radius 2 is 1.94 bits per heavy atom. The third kappa shape index (κ3) is 4.89. The average Bonchev–Trinajstić information content (AvgIpc) is 3.51. The molecule has 1 aliphatic rings. The zero-order chi connectivity index (χ0) is 25.2. The number of aliphatic carboxylic acids is 1. The Morgan fingerprint density at radius 1 is 1.14 bits per heavy atom. The van der Waals surface area contributed by atoms with E-state index in [4.69, 9.17) is 16.3 Å². The van der Waals surface area contributed by atoms with Crippen LogP contribution in [0.2, 0.25) is 5.02 Å². The number of nitrogens with zero attached hydrogens (tertiary/aromatic N) is 4. The number of fused-ring (bicyclic) bond motifs is 1. The number of carboxylic acids is 1. The van der Waals surface area contributed by atoms with Crippen molar-refractivity contribution < 1.29 is 24.5 Å². The predicted octanol–water partition coefficient (Wildman–Crippen LogP) is 3.95. The molecule has 2 aromatic carbocycles. The summed E-state index contributed by atoms with van der Waals surface area (Å²) in [7, 11) is 0. The van der Waals surface area contributed by atoms with Crippen LogP contribution >= 0.6 is 11.6 Å². The molecule has 0 spiro atoms. The Labute approximate surface area is 210 Å². The van der Waals surface area contributed by atoms with Gasteiger partial charge in [-0.3, -0.25) is 4.79 Å². The zero-order valence-corrected chi connectivity index (χ0v) is 19.7. The van der Waals surface area contributed by atoms with Gasteiger partial charge in [-0.15, -0.1) is 5.10 Å². The molecule has 0 saturated carbocycles. The van der Waals surface area contributed by atoms with Crippen molar-refractivity contribution in [3.8, 4) is 22.6 Å². The molecule has 36 heavy (non-hydrogen) atoms. The van der Waals surface area contributed by atoms with Crippen LogP contribution < -0.4 is 10.1 Å². The van der Waals surface area contributed by atoms with Crippen LogP contribution in [0.15, 0.2) is 60.8 Å². The van der Waals surface area contributed by atoms with Crippen molar-refractivity contribution in [2.45, 2.75) is 18.9 Å². The Balaban J connectivity index is 1.23. The lowest BCUT2D eigenvalue weighted by Gasteiger charge is -2.21. The van der Waals surface area contributed by atoms with Crippen LogP contribution in [0.3, 0.4) is 0 Å². The molecular weight excluding hydrogens is 486 g/mol. The number of nitrogens with one attached hydrogen (secondary N) is 1. The van der Waals surface area contributed by atoms with Crippen LogP contribution in [0, 0.1) is 0 Å². The van der Waals surface area contributed by atoms with E-state index in [1.54, 1.807) is 53.2 Å². The van der Waals surface area contributed by atoms with Gasteiger partial charge in [0, 0.05) is 34.6 Å². The number of phenolic OH excluding ortho intramolecular Hbond substituents is 1. The number of benzene rings is 2. The van der Waals surface area contributed by atoms with Gasteiger partial charge in [-0.25, -0.2) is 9.31 Å². The number of carboxylic acid groups (broad SMARTS) is 1. The van der Waals surface area contributed by atoms with Gasteiger partial charge in [-0.2, -0.15) is 4.98 Å². The van der Waals surface area contributed by atoms with E-state index in [-0.39, 0.29) is 18.3 Å². The highest BCUT2D eigenvalue weighted by atomic mass is 35.5. The van der Waals surface area contributed by atoms with Crippen molar-refractivity contribution in [3.05, 3.63) is 65.8 Å². The lowest BCUT2D eigenvalue weighted by molar-refractivity contribution is -0.148. The topological polar surface area (TPSA) is 129 Å². The fraction of sp³-hybridized carbons (Fsp3) is 0.200. The maximum absolute atomic E-state index is 12.4. The number of ether oxygens (including phenoxy) is 1. The van der Waals surface area contributed by atoms with Gasteiger partial charge in [0.1, 0.15) is 17.5 Å². The third-order valence-corrected chi connectivity index (χ3v) is 6.25. The summed E-state index contributed by atoms with van der Waals surface area (Å²) < 4.78 is 7.17. The van der Waals surface area contributed by atoms with Crippen molar-refractivity contribution in [2.75, 3.05) is 18.5 Å². The predicted molar refractivity (Wildman–Crippen MR) is 133 cm³/mol. The smallest absolute Gasteiger partial charge is 0.326 e. The lowest BCUT2D eigenvalue weighted by atomic mass is 10.1. The van der Waals surface area contributed by atoms with Crippen molar-refractivity contribution in [1.82, 2.24) is 19.5 Å². The molecule has 1 amide bonds. The number of pyridine rings is 1. The van der Waals surface area contributed by atoms with Crippen LogP contribution in [-0.2, 0) is 9.59 Å². The summed E-state index contributed by atoms with van der Waals surface area (Å²) in [5.74, 6) is -0.353. The lowest BCUT2D eigenvalue weighted by Crippen LogP contribution is -2.42. The van der Waals surface area contributed by atoms with E-state index in [1.807, 2.05) is 6.07 Å². The summed E-state index contributed by atoms with van der Waals surface area (Å²) in [6.45, 7) is 0.201. The van der Waals surface area contributed by atoms with E-state index < -0.39 is 12.0 Å². The summed E-state index contributed by atoms with van der Waals surface area (Å²) in [5, 5.41) is 27.1. The van der Waals surface area contributed by atoms with Crippen LogP contribution in [-0.4, -0.2) is 60.8 Å². The molecule has 3 N–H and O–H groups in total. The second-order valence-electron chi connectivity index (χ2n) is 8.34. The van der Waals surface area contributed by atoms with Crippen LogP contribution in [0.4, 0.5) is 11.6 Å². The normalized spacial score (nSPS) is 15.2. The number of amides is 1. The Kier molecular flexibility index (Phi) is 6.34. The second-order valence-corrected chi connectivity index (χ2v) is 8.75. The molecular formula is C25H22ClN5O5. The number of carbonyl (C=O) groups is 2. The molecule has 10 nitrogen and oxygen atoms in total. The number of phenols is 1. The Hall–Kier alpha value is -4.31. The molecule has 3 heterocycles. The van der Waals surface area contributed by atoms with E-state index in [1.165, 1.54) is 11.0 Å². The van der Waals surface area contributed by atoms with E-state index in [0.29, 0.717) is 53.0 Å². The maximum atomic E-state index is 12.4. The molecule has 0 radical (unpaired) electrons. The van der Waals surface area contributed by atoms with E-state index >= 15 is 0 Å². The number of aromatic nitrogens is 3. The van der Waals surface area contributed by atoms with Gasteiger partial charge in [0.15, 0.2) is 12.3 Å². The van der Waals surface area contributed by atoms with E-state index in [0.717, 1.165) is 5.56 Å². The number of rotatable bonds is 7. The Morgan fingerprint density at radius 3 is 2.72 bits per heavy atom. The average molecular weight is 508 g/mol. The number of anilines is 2. The molecule has 5 rings (SSSR count). The molecule has 1 aliphatic heterocycles. The first-order valence-electron chi connectivity index (χ1n) is 11.2. The zero-order valence-electron chi connectivity index (χ0n) is 19.0. The fourth-order valence-electron chi connectivity index (χ4n) is 4.14. The summed E-state index contributed by atoms with van der Waals surface area (Å²) in [6, 6.07) is 14.5. The number of likely N-dealkylation sites (tertiary alicyclic amines) is 1.